The quantitative estimate of drug-likeness (QED) is 0.664. The van der Waals surface area contributed by atoms with Gasteiger partial charge in [0.25, 0.3) is 0 Å². The molecule has 1 aromatic heterocycles. The Morgan fingerprint density at radius 1 is 1.12 bits per heavy atom. The summed E-state index contributed by atoms with van der Waals surface area (Å²) in [5.41, 5.74) is 2.24. The van der Waals surface area contributed by atoms with Crippen LogP contribution in [0.25, 0.3) is 0 Å². The molecule has 2 aromatic carbocycles. The van der Waals surface area contributed by atoms with E-state index in [0.717, 1.165) is 22.2 Å². The first-order valence-electron chi connectivity index (χ1n) is 7.96. The Balaban J connectivity index is 1.68. The lowest BCUT2D eigenvalue weighted by molar-refractivity contribution is 0.183. The Morgan fingerprint density at radius 2 is 1.96 bits per heavy atom. The summed E-state index contributed by atoms with van der Waals surface area (Å²) in [5, 5.41) is 5.28. The molecule has 128 valence electrons. The van der Waals surface area contributed by atoms with Crippen LogP contribution < -0.4 is 4.90 Å². The molecule has 1 aliphatic heterocycles. The highest BCUT2D eigenvalue weighted by Crippen LogP contribution is 2.49. The van der Waals surface area contributed by atoms with Crippen molar-refractivity contribution < 1.29 is 4.74 Å². The maximum Gasteiger partial charge on any atom is 0.170 e. The van der Waals surface area contributed by atoms with Gasteiger partial charge >= 0.3 is 0 Å². The maximum atomic E-state index is 6.25. The van der Waals surface area contributed by atoms with Gasteiger partial charge in [-0.3, -0.25) is 4.68 Å². The first kappa shape index (κ1) is 16.4. The largest absolute Gasteiger partial charge is 0.383 e. The average molecular weight is 373 g/mol. The summed E-state index contributed by atoms with van der Waals surface area (Å²) in [5.74, 6) is 0.767. The number of methoxy groups -OCH3 is 1. The van der Waals surface area contributed by atoms with Crippen molar-refractivity contribution in [3.63, 3.8) is 0 Å². The van der Waals surface area contributed by atoms with Crippen LogP contribution in [0.3, 0.4) is 0 Å². The van der Waals surface area contributed by atoms with E-state index in [1.54, 1.807) is 25.2 Å². The Kier molecular flexibility index (Phi) is 4.65. The van der Waals surface area contributed by atoms with E-state index >= 15 is 0 Å². The van der Waals surface area contributed by atoms with E-state index in [-0.39, 0.29) is 0 Å². The molecule has 5 nitrogen and oxygen atoms in total. The molecule has 2 heterocycles. The zero-order chi connectivity index (χ0) is 17.2. The van der Waals surface area contributed by atoms with Crippen LogP contribution in [0.2, 0.25) is 5.02 Å². The number of anilines is 2. The number of rotatable bonds is 5. The van der Waals surface area contributed by atoms with Crippen LogP contribution in [-0.4, -0.2) is 28.5 Å². The van der Waals surface area contributed by atoms with Crippen LogP contribution in [0.4, 0.5) is 11.4 Å². The summed E-state index contributed by atoms with van der Waals surface area (Å²) in [6.07, 6.45) is 1.75. The number of nitrogens with zero attached hydrogens (tertiary/aromatic N) is 4. The van der Waals surface area contributed by atoms with Gasteiger partial charge in [-0.25, -0.2) is 4.98 Å². The molecule has 3 aromatic rings. The van der Waals surface area contributed by atoms with Crippen molar-refractivity contribution >= 4 is 34.7 Å². The van der Waals surface area contributed by atoms with Crippen LogP contribution in [0, 0.1) is 0 Å². The zero-order valence-corrected chi connectivity index (χ0v) is 15.3. The third-order valence-electron chi connectivity index (χ3n) is 4.00. The number of halogens is 1. The Morgan fingerprint density at radius 3 is 2.84 bits per heavy atom. The van der Waals surface area contributed by atoms with Gasteiger partial charge in [0.15, 0.2) is 5.82 Å². The van der Waals surface area contributed by atoms with Crippen molar-refractivity contribution in [1.82, 2.24) is 14.8 Å². The second-order valence-electron chi connectivity index (χ2n) is 5.68. The molecule has 0 spiro atoms. The molecule has 1 aliphatic rings. The minimum absolute atomic E-state index is 0.588. The molecule has 0 bridgehead atoms. The molecule has 0 amide bonds. The van der Waals surface area contributed by atoms with Gasteiger partial charge in [-0.05, 0) is 30.3 Å². The van der Waals surface area contributed by atoms with Crippen molar-refractivity contribution in [2.75, 3.05) is 18.6 Å². The van der Waals surface area contributed by atoms with Crippen molar-refractivity contribution in [3.8, 4) is 0 Å². The standard InChI is InChI=1S/C18H17ClN4OS/c1-24-9-8-22-12-20-18(21-22)11-23-14-4-2-3-5-16(14)25-17-7-6-13(19)10-15(17)23/h2-7,10,12H,8-9,11H2,1H3. The predicted octanol–water partition coefficient (Wildman–Crippen LogP) is 4.38. The van der Waals surface area contributed by atoms with Crippen LogP contribution >= 0.6 is 23.4 Å². The SMILES string of the molecule is COCCn1cnc(CN2c3ccccc3Sc3ccc(Cl)cc32)n1. The monoisotopic (exact) mass is 372 g/mol. The van der Waals surface area contributed by atoms with E-state index < -0.39 is 0 Å². The molecule has 0 fully saturated rings. The molecule has 0 saturated carbocycles. The molecule has 4 rings (SSSR count). The molecule has 0 radical (unpaired) electrons. The highest BCUT2D eigenvalue weighted by atomic mass is 35.5. The second kappa shape index (κ2) is 7.07. The smallest absolute Gasteiger partial charge is 0.170 e. The summed E-state index contributed by atoms with van der Waals surface area (Å²) in [6, 6.07) is 14.4. The topological polar surface area (TPSA) is 43.2 Å². The Labute approximate surface area is 155 Å². The number of fused-ring (bicyclic) bond motifs is 2. The van der Waals surface area contributed by atoms with E-state index in [1.165, 1.54) is 9.79 Å². The number of aromatic nitrogens is 3. The maximum absolute atomic E-state index is 6.25. The second-order valence-corrected chi connectivity index (χ2v) is 7.20. The molecule has 0 unspecified atom stereocenters. The molecule has 25 heavy (non-hydrogen) atoms. The number of benzene rings is 2. The normalized spacial score (nSPS) is 12.8. The van der Waals surface area contributed by atoms with Crippen molar-refractivity contribution in [3.05, 3.63) is 59.6 Å². The average Bonchev–Trinajstić information content (AvgIpc) is 3.08. The summed E-state index contributed by atoms with van der Waals surface area (Å²) in [6.45, 7) is 1.90. The fraction of sp³-hybridized carbons (Fsp3) is 0.222. The number of ether oxygens (including phenoxy) is 1. The first-order chi connectivity index (χ1) is 12.2. The van der Waals surface area contributed by atoms with Crippen molar-refractivity contribution in [2.45, 2.75) is 22.9 Å². The molecule has 0 aliphatic carbocycles. The highest BCUT2D eigenvalue weighted by molar-refractivity contribution is 7.99. The zero-order valence-electron chi connectivity index (χ0n) is 13.7. The lowest BCUT2D eigenvalue weighted by atomic mass is 10.2. The van der Waals surface area contributed by atoms with Crippen molar-refractivity contribution in [2.24, 2.45) is 0 Å². The van der Waals surface area contributed by atoms with Gasteiger partial charge in [0.05, 0.1) is 31.1 Å². The van der Waals surface area contributed by atoms with Gasteiger partial charge in [-0.15, -0.1) is 0 Å². The van der Waals surface area contributed by atoms with E-state index in [4.69, 9.17) is 16.3 Å². The number of para-hydroxylation sites is 1. The summed E-state index contributed by atoms with van der Waals surface area (Å²) < 4.78 is 6.90. The van der Waals surface area contributed by atoms with Gasteiger partial charge in [0.2, 0.25) is 0 Å². The van der Waals surface area contributed by atoms with Crippen molar-refractivity contribution in [1.29, 1.82) is 0 Å². The molecular formula is C18H17ClN4OS. The highest BCUT2D eigenvalue weighted by Gasteiger charge is 2.24. The van der Waals surface area contributed by atoms with E-state index in [2.05, 4.69) is 39.2 Å². The third kappa shape index (κ3) is 3.38. The fourth-order valence-electron chi connectivity index (χ4n) is 2.81. The van der Waals surface area contributed by atoms with Crippen LogP contribution in [0.5, 0.6) is 0 Å². The van der Waals surface area contributed by atoms with E-state index in [1.807, 2.05) is 22.9 Å². The molecule has 0 atom stereocenters. The van der Waals surface area contributed by atoms with Gasteiger partial charge in [0, 0.05) is 21.9 Å². The van der Waals surface area contributed by atoms with Gasteiger partial charge in [-0.1, -0.05) is 35.5 Å². The van der Waals surface area contributed by atoms with Gasteiger partial charge < -0.3 is 9.64 Å². The molecular weight excluding hydrogens is 356 g/mol. The van der Waals surface area contributed by atoms with E-state index in [9.17, 15) is 0 Å². The minimum Gasteiger partial charge on any atom is -0.383 e. The first-order valence-corrected chi connectivity index (χ1v) is 9.15. The molecule has 0 N–H and O–H groups in total. The third-order valence-corrected chi connectivity index (χ3v) is 5.36. The number of hydrogen-bond donors (Lipinski definition) is 0. The molecule has 0 saturated heterocycles. The number of hydrogen-bond acceptors (Lipinski definition) is 5. The summed E-state index contributed by atoms with van der Waals surface area (Å²) in [4.78, 5) is 9.07. The molecule has 7 heteroatoms. The summed E-state index contributed by atoms with van der Waals surface area (Å²) in [7, 11) is 1.68. The van der Waals surface area contributed by atoms with E-state index in [0.29, 0.717) is 19.7 Å². The van der Waals surface area contributed by atoms with Crippen LogP contribution in [0.1, 0.15) is 5.82 Å². The van der Waals surface area contributed by atoms with Gasteiger partial charge in [-0.2, -0.15) is 5.10 Å². The summed E-state index contributed by atoms with van der Waals surface area (Å²) >= 11 is 8.01. The van der Waals surface area contributed by atoms with Crippen LogP contribution in [-0.2, 0) is 17.8 Å². The minimum atomic E-state index is 0.588. The Hall–Kier alpha value is -2.02. The lowest BCUT2D eigenvalue weighted by Gasteiger charge is -2.32. The van der Waals surface area contributed by atoms with Crippen LogP contribution in [0.15, 0.2) is 58.6 Å². The lowest BCUT2D eigenvalue weighted by Crippen LogP contribution is -2.21. The van der Waals surface area contributed by atoms with Gasteiger partial charge in [0.1, 0.15) is 6.33 Å². The Bertz CT molecular complexity index is 898. The fourth-order valence-corrected chi connectivity index (χ4v) is 4.05. The predicted molar refractivity (Wildman–Crippen MR) is 99.8 cm³/mol.